The molecule has 3 heteroatoms. The molecule has 0 heterocycles. The van der Waals surface area contributed by atoms with Gasteiger partial charge in [0, 0.05) is 0 Å². The Morgan fingerprint density at radius 3 is 1.08 bits per heavy atom. The van der Waals surface area contributed by atoms with Gasteiger partial charge in [0.25, 0.3) is 0 Å². The molecule has 0 aliphatic rings. The molecule has 0 aliphatic carbocycles. The first-order valence-electron chi connectivity index (χ1n) is 4.41. The predicted octanol–water partition coefficient (Wildman–Crippen LogP) is 3.39. The van der Waals surface area contributed by atoms with E-state index in [0.29, 0.717) is 0 Å². The lowest BCUT2D eigenvalue weighted by molar-refractivity contribution is 0.656. The van der Waals surface area contributed by atoms with Crippen LogP contribution in [0.5, 0.6) is 0 Å². The van der Waals surface area contributed by atoms with Crippen LogP contribution in [0, 0.1) is 0 Å². The van der Waals surface area contributed by atoms with E-state index in [2.05, 4.69) is 13.8 Å². The molecule has 0 radical (unpaired) electrons. The molecular formula is C9H28Cl2Si. The van der Waals surface area contributed by atoms with Crippen LogP contribution in [-0.4, -0.2) is 11.0 Å². The summed E-state index contributed by atoms with van der Waals surface area (Å²) >= 11 is 0. The molecule has 0 N–H and O–H groups in total. The molecule has 0 rings (SSSR count). The highest BCUT2D eigenvalue weighted by Crippen LogP contribution is 2.00. The topological polar surface area (TPSA) is 0 Å². The molecule has 0 nitrogen and oxygen atoms in total. The molecule has 0 saturated carbocycles. The molecule has 0 fully saturated rings. The largest absolute Gasteiger partial charge is 0.147 e. The SMILES string of the molecule is CC.CCCCCCC.Cl.Cl.[SiH4]. The van der Waals surface area contributed by atoms with Crippen molar-refractivity contribution in [1.29, 1.82) is 0 Å². The van der Waals surface area contributed by atoms with Crippen molar-refractivity contribution >= 4 is 35.8 Å². The summed E-state index contributed by atoms with van der Waals surface area (Å²) in [5.74, 6) is 0. The molecule has 0 atom stereocenters. The van der Waals surface area contributed by atoms with Gasteiger partial charge in [-0.05, 0) is 11.0 Å². The maximum Gasteiger partial charge on any atom is -0.0149 e. The Hall–Kier alpha value is 0.797. The van der Waals surface area contributed by atoms with E-state index < -0.39 is 0 Å². The van der Waals surface area contributed by atoms with Crippen molar-refractivity contribution in [2.45, 2.75) is 59.8 Å². The van der Waals surface area contributed by atoms with Crippen LogP contribution in [0.4, 0.5) is 0 Å². The van der Waals surface area contributed by atoms with E-state index in [1.54, 1.807) is 0 Å². The Kier molecular flexibility index (Phi) is 99.9. The number of rotatable bonds is 4. The first-order valence-corrected chi connectivity index (χ1v) is 4.41. The van der Waals surface area contributed by atoms with E-state index in [1.807, 2.05) is 13.8 Å². The third-order valence-electron chi connectivity index (χ3n) is 1.21. The molecule has 0 bridgehead atoms. The van der Waals surface area contributed by atoms with Gasteiger partial charge in [0.05, 0.1) is 0 Å². The van der Waals surface area contributed by atoms with Gasteiger partial charge >= 0.3 is 0 Å². The van der Waals surface area contributed by atoms with Gasteiger partial charge < -0.3 is 0 Å². The minimum atomic E-state index is 0. The summed E-state index contributed by atoms with van der Waals surface area (Å²) in [5, 5.41) is 0. The van der Waals surface area contributed by atoms with E-state index in [1.165, 1.54) is 32.1 Å². The van der Waals surface area contributed by atoms with Crippen LogP contribution in [0.15, 0.2) is 0 Å². The van der Waals surface area contributed by atoms with Crippen LogP contribution in [0.2, 0.25) is 0 Å². The number of unbranched alkanes of at least 4 members (excludes halogenated alkanes) is 4. The Balaban J connectivity index is -0.0000000303. The average molecular weight is 235 g/mol. The van der Waals surface area contributed by atoms with E-state index in [-0.39, 0.29) is 35.8 Å². The lowest BCUT2D eigenvalue weighted by Crippen LogP contribution is -1.70. The van der Waals surface area contributed by atoms with E-state index in [4.69, 9.17) is 0 Å². The van der Waals surface area contributed by atoms with Crippen molar-refractivity contribution in [3.05, 3.63) is 0 Å². The summed E-state index contributed by atoms with van der Waals surface area (Å²) in [6.07, 6.45) is 7.01. The normalized spacial score (nSPS) is 6.00. The summed E-state index contributed by atoms with van der Waals surface area (Å²) in [6.45, 7) is 8.49. The van der Waals surface area contributed by atoms with E-state index >= 15 is 0 Å². The molecule has 0 unspecified atom stereocenters. The zero-order valence-electron chi connectivity index (χ0n) is 8.35. The molecule has 0 aromatic carbocycles. The molecule has 0 spiro atoms. The fraction of sp³-hybridized carbons (Fsp3) is 1.00. The van der Waals surface area contributed by atoms with Gasteiger partial charge in [-0.25, -0.2) is 0 Å². The van der Waals surface area contributed by atoms with Crippen LogP contribution >= 0.6 is 24.8 Å². The Morgan fingerprint density at radius 1 is 0.667 bits per heavy atom. The highest BCUT2D eigenvalue weighted by molar-refractivity contribution is 5.85. The molecule has 0 saturated heterocycles. The first kappa shape index (κ1) is 29.3. The highest BCUT2D eigenvalue weighted by atomic mass is 35.5. The van der Waals surface area contributed by atoms with Gasteiger partial charge in [0.2, 0.25) is 0 Å². The standard InChI is InChI=1S/C7H16.C2H6.2ClH.H4Si/c1-3-5-7-6-4-2;1-2;;;/h3-7H2,1-2H3;1-2H3;2*1H;1H4. The molecular weight excluding hydrogens is 207 g/mol. The van der Waals surface area contributed by atoms with Crippen LogP contribution in [-0.2, 0) is 0 Å². The van der Waals surface area contributed by atoms with Gasteiger partial charge in [-0.3, -0.25) is 0 Å². The van der Waals surface area contributed by atoms with Crippen LogP contribution in [0.25, 0.3) is 0 Å². The molecule has 12 heavy (non-hydrogen) atoms. The minimum absolute atomic E-state index is 0. The number of hydrogen-bond donors (Lipinski definition) is 0. The quantitative estimate of drug-likeness (QED) is 0.517. The summed E-state index contributed by atoms with van der Waals surface area (Å²) in [4.78, 5) is 0. The van der Waals surface area contributed by atoms with Crippen molar-refractivity contribution in [3.8, 4) is 0 Å². The summed E-state index contributed by atoms with van der Waals surface area (Å²) in [5.41, 5.74) is 0. The highest BCUT2D eigenvalue weighted by Gasteiger charge is 1.80. The first-order chi connectivity index (χ1) is 4.41. The molecule has 0 aromatic rings. The maximum absolute atomic E-state index is 2.25. The maximum atomic E-state index is 2.25. The number of hydrogen-bond acceptors (Lipinski definition) is 0. The number of halogens is 2. The van der Waals surface area contributed by atoms with Crippen molar-refractivity contribution in [1.82, 2.24) is 0 Å². The lowest BCUT2D eigenvalue weighted by Gasteiger charge is -1.90. The second kappa shape index (κ2) is 40.9. The summed E-state index contributed by atoms with van der Waals surface area (Å²) < 4.78 is 0. The fourth-order valence-electron chi connectivity index (χ4n) is 0.677. The average Bonchev–Trinajstić information content (AvgIpc) is 1.94. The predicted molar refractivity (Wildman–Crippen MR) is 71.6 cm³/mol. The molecule has 82 valence electrons. The van der Waals surface area contributed by atoms with Gasteiger partial charge in [-0.1, -0.05) is 59.8 Å². The van der Waals surface area contributed by atoms with Crippen molar-refractivity contribution in [2.75, 3.05) is 0 Å². The van der Waals surface area contributed by atoms with Crippen LogP contribution < -0.4 is 0 Å². The molecule has 0 aromatic heterocycles. The second-order valence-electron chi connectivity index (χ2n) is 2.06. The van der Waals surface area contributed by atoms with Gasteiger partial charge in [0.15, 0.2) is 0 Å². The van der Waals surface area contributed by atoms with Crippen LogP contribution in [0.3, 0.4) is 0 Å². The van der Waals surface area contributed by atoms with Crippen LogP contribution in [0.1, 0.15) is 59.8 Å². The second-order valence-corrected chi connectivity index (χ2v) is 2.06. The molecule has 0 aliphatic heterocycles. The Bertz CT molecular complexity index is 31.7. The van der Waals surface area contributed by atoms with Crippen molar-refractivity contribution in [3.63, 3.8) is 0 Å². The fourth-order valence-corrected chi connectivity index (χ4v) is 0.677. The third-order valence-corrected chi connectivity index (χ3v) is 1.21. The third kappa shape index (κ3) is 45.0. The molecule has 0 amide bonds. The zero-order chi connectivity index (χ0) is 7.54. The monoisotopic (exact) mass is 234 g/mol. The van der Waals surface area contributed by atoms with Gasteiger partial charge in [-0.15, -0.1) is 24.8 Å². The zero-order valence-corrected chi connectivity index (χ0v) is 9.99. The summed E-state index contributed by atoms with van der Waals surface area (Å²) in [7, 11) is 0. The van der Waals surface area contributed by atoms with E-state index in [9.17, 15) is 0 Å². The Labute approximate surface area is 95.7 Å². The van der Waals surface area contributed by atoms with Crippen molar-refractivity contribution < 1.29 is 0 Å². The minimum Gasteiger partial charge on any atom is -0.147 e. The lowest BCUT2D eigenvalue weighted by atomic mass is 10.2. The van der Waals surface area contributed by atoms with Gasteiger partial charge in [-0.2, -0.15) is 0 Å². The van der Waals surface area contributed by atoms with Crippen molar-refractivity contribution in [2.24, 2.45) is 0 Å². The smallest absolute Gasteiger partial charge is 0.0149 e. The summed E-state index contributed by atoms with van der Waals surface area (Å²) in [6, 6.07) is 0. The van der Waals surface area contributed by atoms with E-state index in [0.717, 1.165) is 0 Å². The van der Waals surface area contributed by atoms with Gasteiger partial charge in [0.1, 0.15) is 0 Å². The Morgan fingerprint density at radius 2 is 0.917 bits per heavy atom.